The van der Waals surface area contributed by atoms with Gasteiger partial charge in [0.05, 0.1) is 11.3 Å². The first-order chi connectivity index (χ1) is 14.3. The number of hydroxylamine groups is 2. The van der Waals surface area contributed by atoms with E-state index in [0.717, 1.165) is 60.6 Å². The largest absolute Gasteiger partial charge is 0.416 e. The predicted octanol–water partition coefficient (Wildman–Crippen LogP) is 6.16. The maximum atomic E-state index is 13.1. The lowest BCUT2D eigenvalue weighted by molar-refractivity contribution is -0.137. The zero-order chi connectivity index (χ0) is 21.3. The molecule has 1 N–H and O–H groups in total. The van der Waals surface area contributed by atoms with Gasteiger partial charge in [0, 0.05) is 29.9 Å². The van der Waals surface area contributed by atoms with Gasteiger partial charge in [0.2, 0.25) is 0 Å². The van der Waals surface area contributed by atoms with E-state index in [9.17, 15) is 13.2 Å². The topological polar surface area (TPSA) is 41.1 Å². The number of aryl methyl sites for hydroxylation is 2. The molecule has 0 amide bonds. The quantitative estimate of drug-likeness (QED) is 0.555. The standard InChI is InChI=1S/C23H24F3N3O/c1-15-13-19(30-29-11-4-3-5-12-29)9-10-20(15)22-27-16(2)21(28-22)17-7-6-8-18(14-17)23(24,25)26/h6-10,13-14H,3-5,11-12H2,1-2H3,(H,27,28). The van der Waals surface area contributed by atoms with Crippen molar-refractivity contribution in [1.29, 1.82) is 0 Å². The molecule has 0 atom stereocenters. The summed E-state index contributed by atoms with van der Waals surface area (Å²) in [6, 6.07) is 11.1. The number of benzene rings is 2. The maximum Gasteiger partial charge on any atom is 0.416 e. The molecule has 0 aliphatic carbocycles. The Hall–Kier alpha value is -2.80. The van der Waals surface area contributed by atoms with E-state index in [1.165, 1.54) is 12.5 Å². The first-order valence-corrected chi connectivity index (χ1v) is 10.1. The van der Waals surface area contributed by atoms with Crippen molar-refractivity contribution < 1.29 is 18.0 Å². The molecule has 158 valence electrons. The summed E-state index contributed by atoms with van der Waals surface area (Å²) in [4.78, 5) is 13.8. The summed E-state index contributed by atoms with van der Waals surface area (Å²) in [5, 5.41) is 1.99. The van der Waals surface area contributed by atoms with E-state index in [2.05, 4.69) is 9.97 Å². The summed E-state index contributed by atoms with van der Waals surface area (Å²) in [6.07, 6.45) is -0.865. The molecule has 4 rings (SSSR count). The van der Waals surface area contributed by atoms with E-state index in [1.807, 2.05) is 37.1 Å². The highest BCUT2D eigenvalue weighted by molar-refractivity contribution is 5.69. The summed E-state index contributed by atoms with van der Waals surface area (Å²) in [5.74, 6) is 1.40. The van der Waals surface area contributed by atoms with Crippen molar-refractivity contribution in [2.75, 3.05) is 13.1 Å². The SMILES string of the molecule is Cc1cc(ON2CCCCC2)ccc1-c1nc(-c2cccc(C(F)(F)F)c2)c(C)[nH]1. The molecule has 4 nitrogen and oxygen atoms in total. The second kappa shape index (κ2) is 8.14. The van der Waals surface area contributed by atoms with Gasteiger partial charge in [0.15, 0.2) is 0 Å². The normalized spacial score (nSPS) is 15.4. The van der Waals surface area contributed by atoms with Gasteiger partial charge in [0.25, 0.3) is 0 Å². The Kier molecular flexibility index (Phi) is 5.56. The van der Waals surface area contributed by atoms with Crippen LogP contribution in [0.5, 0.6) is 5.75 Å². The van der Waals surface area contributed by atoms with Crippen molar-refractivity contribution in [2.24, 2.45) is 0 Å². The van der Waals surface area contributed by atoms with Crippen molar-refractivity contribution >= 4 is 0 Å². The number of rotatable bonds is 4. The number of H-pyrrole nitrogens is 1. The summed E-state index contributed by atoms with van der Waals surface area (Å²) in [5.41, 5.74) is 2.87. The number of aromatic nitrogens is 2. The molecule has 1 saturated heterocycles. The Bertz CT molecular complexity index is 1040. The van der Waals surface area contributed by atoms with Gasteiger partial charge in [-0.1, -0.05) is 18.6 Å². The summed E-state index contributed by atoms with van der Waals surface area (Å²) in [6.45, 7) is 5.65. The monoisotopic (exact) mass is 415 g/mol. The predicted molar refractivity (Wildman–Crippen MR) is 110 cm³/mol. The Morgan fingerprint density at radius 3 is 2.47 bits per heavy atom. The lowest BCUT2D eigenvalue weighted by Crippen LogP contribution is -2.32. The number of halogens is 3. The molecule has 2 aromatic carbocycles. The highest BCUT2D eigenvalue weighted by atomic mass is 19.4. The minimum Gasteiger partial charge on any atom is -0.406 e. The number of hydrogen-bond acceptors (Lipinski definition) is 3. The van der Waals surface area contributed by atoms with Crippen LogP contribution in [0.15, 0.2) is 42.5 Å². The van der Waals surface area contributed by atoms with Gasteiger partial charge in [-0.25, -0.2) is 4.98 Å². The van der Waals surface area contributed by atoms with Crippen LogP contribution in [0.25, 0.3) is 22.6 Å². The van der Waals surface area contributed by atoms with Crippen molar-refractivity contribution in [3.05, 3.63) is 59.3 Å². The van der Waals surface area contributed by atoms with Crippen LogP contribution in [0.4, 0.5) is 13.2 Å². The van der Waals surface area contributed by atoms with Crippen LogP contribution in [0.2, 0.25) is 0 Å². The first kappa shape index (κ1) is 20.5. The molecule has 0 bridgehead atoms. The number of nitrogens with zero attached hydrogens (tertiary/aromatic N) is 2. The minimum atomic E-state index is -4.39. The molecule has 0 spiro atoms. The average molecular weight is 415 g/mol. The Labute approximate surface area is 173 Å². The van der Waals surface area contributed by atoms with Gasteiger partial charge in [-0.15, -0.1) is 5.06 Å². The number of hydrogen-bond donors (Lipinski definition) is 1. The third-order valence-electron chi connectivity index (χ3n) is 5.35. The van der Waals surface area contributed by atoms with E-state index in [4.69, 9.17) is 4.84 Å². The lowest BCUT2D eigenvalue weighted by atomic mass is 10.1. The molecule has 7 heteroatoms. The van der Waals surface area contributed by atoms with Crippen molar-refractivity contribution in [3.63, 3.8) is 0 Å². The smallest absolute Gasteiger partial charge is 0.406 e. The Morgan fingerprint density at radius 1 is 1.00 bits per heavy atom. The third-order valence-corrected chi connectivity index (χ3v) is 5.35. The maximum absolute atomic E-state index is 13.1. The fourth-order valence-electron chi connectivity index (χ4n) is 3.78. The Morgan fingerprint density at radius 2 is 1.77 bits per heavy atom. The zero-order valence-corrected chi connectivity index (χ0v) is 17.0. The van der Waals surface area contributed by atoms with Gasteiger partial charge in [-0.3, -0.25) is 0 Å². The van der Waals surface area contributed by atoms with Gasteiger partial charge < -0.3 is 9.82 Å². The summed E-state index contributed by atoms with van der Waals surface area (Å²) in [7, 11) is 0. The molecule has 0 saturated carbocycles. The second-order valence-electron chi connectivity index (χ2n) is 7.70. The van der Waals surface area contributed by atoms with Crippen molar-refractivity contribution in [3.8, 4) is 28.4 Å². The van der Waals surface area contributed by atoms with Crippen molar-refractivity contribution in [2.45, 2.75) is 39.3 Å². The fraction of sp³-hybridized carbons (Fsp3) is 0.348. The van der Waals surface area contributed by atoms with Gasteiger partial charge >= 0.3 is 6.18 Å². The molecule has 2 heterocycles. The van der Waals surface area contributed by atoms with Gasteiger partial charge in [0.1, 0.15) is 11.6 Å². The van der Waals surface area contributed by atoms with Crippen LogP contribution in [0.3, 0.4) is 0 Å². The number of aromatic amines is 1. The van der Waals surface area contributed by atoms with Crippen molar-refractivity contribution in [1.82, 2.24) is 15.0 Å². The van der Waals surface area contributed by atoms with Crippen LogP contribution >= 0.6 is 0 Å². The molecule has 30 heavy (non-hydrogen) atoms. The first-order valence-electron chi connectivity index (χ1n) is 10.1. The second-order valence-corrected chi connectivity index (χ2v) is 7.70. The average Bonchev–Trinajstić information content (AvgIpc) is 3.10. The molecule has 1 aromatic heterocycles. The number of nitrogens with one attached hydrogen (secondary N) is 1. The van der Waals surface area contributed by atoms with Gasteiger partial charge in [-0.05, 0) is 62.6 Å². The van der Waals surface area contributed by atoms with Gasteiger partial charge in [-0.2, -0.15) is 13.2 Å². The van der Waals surface area contributed by atoms with E-state index >= 15 is 0 Å². The molecule has 0 unspecified atom stereocenters. The molecule has 1 fully saturated rings. The van der Waals surface area contributed by atoms with E-state index in [-0.39, 0.29) is 0 Å². The summed E-state index contributed by atoms with van der Waals surface area (Å²) >= 11 is 0. The van der Waals surface area contributed by atoms with E-state index in [1.54, 1.807) is 6.07 Å². The highest BCUT2D eigenvalue weighted by Crippen LogP contribution is 2.34. The lowest BCUT2D eigenvalue weighted by Gasteiger charge is -2.26. The zero-order valence-electron chi connectivity index (χ0n) is 17.0. The number of piperidine rings is 1. The molecule has 0 radical (unpaired) electrons. The minimum absolute atomic E-state index is 0.438. The van der Waals surface area contributed by atoms with Crippen LogP contribution in [-0.4, -0.2) is 28.1 Å². The fourth-order valence-corrected chi connectivity index (χ4v) is 3.78. The molecular weight excluding hydrogens is 391 g/mol. The van der Waals surface area contributed by atoms with Crippen LogP contribution in [-0.2, 0) is 6.18 Å². The number of alkyl halides is 3. The summed E-state index contributed by atoms with van der Waals surface area (Å²) < 4.78 is 39.2. The number of imidazole rings is 1. The molecule has 1 aliphatic heterocycles. The van der Waals surface area contributed by atoms with E-state index in [0.29, 0.717) is 17.1 Å². The molecular formula is C23H24F3N3O. The van der Waals surface area contributed by atoms with Crippen LogP contribution in [0.1, 0.15) is 36.1 Å². The van der Waals surface area contributed by atoms with Crippen LogP contribution < -0.4 is 4.84 Å². The highest BCUT2D eigenvalue weighted by Gasteiger charge is 2.30. The molecule has 1 aliphatic rings. The van der Waals surface area contributed by atoms with E-state index < -0.39 is 11.7 Å². The van der Waals surface area contributed by atoms with Crippen LogP contribution in [0, 0.1) is 13.8 Å². The Balaban J connectivity index is 1.60. The third kappa shape index (κ3) is 4.36. The molecule has 3 aromatic rings.